The lowest BCUT2D eigenvalue weighted by Crippen LogP contribution is -2.46. The van der Waals surface area contributed by atoms with Gasteiger partial charge in [0.2, 0.25) is 5.91 Å². The summed E-state index contributed by atoms with van der Waals surface area (Å²) >= 11 is 3.36. The number of benzene rings is 1. The molecule has 1 aromatic carbocycles. The van der Waals surface area contributed by atoms with E-state index in [1.807, 2.05) is 44.2 Å². The molecule has 4 nitrogen and oxygen atoms in total. The summed E-state index contributed by atoms with van der Waals surface area (Å²) in [7, 11) is 1.33. The van der Waals surface area contributed by atoms with Crippen LogP contribution in [0.5, 0.6) is 0 Å². The van der Waals surface area contributed by atoms with Crippen molar-refractivity contribution in [3.8, 4) is 0 Å². The van der Waals surface area contributed by atoms with Gasteiger partial charge in [-0.15, -0.1) is 0 Å². The van der Waals surface area contributed by atoms with E-state index in [0.717, 1.165) is 12.0 Å². The number of methoxy groups -OCH3 is 1. The molecule has 1 unspecified atom stereocenters. The maximum absolute atomic E-state index is 12.2. The van der Waals surface area contributed by atoms with E-state index >= 15 is 0 Å². The van der Waals surface area contributed by atoms with Crippen molar-refractivity contribution in [1.29, 1.82) is 0 Å². The first-order valence-electron chi connectivity index (χ1n) is 6.58. The van der Waals surface area contributed by atoms with Crippen molar-refractivity contribution in [2.24, 2.45) is 5.92 Å². The first-order chi connectivity index (χ1) is 9.51. The standard InChI is InChI=1S/C15H20BrNO3/c1-4-10(2)13(15(19)20-3)17-14(18)12(16)11-8-6-5-7-9-11/h5-10,12-13H,4H2,1-3H3,(H,17,18)/t10-,12?,13-/m0/s1. The lowest BCUT2D eigenvalue weighted by molar-refractivity contribution is -0.146. The van der Waals surface area contributed by atoms with Crippen molar-refractivity contribution in [1.82, 2.24) is 5.32 Å². The van der Waals surface area contributed by atoms with E-state index in [4.69, 9.17) is 4.74 Å². The fourth-order valence-electron chi connectivity index (χ4n) is 1.80. The van der Waals surface area contributed by atoms with Gasteiger partial charge in [-0.05, 0) is 11.5 Å². The predicted octanol–water partition coefficient (Wildman–Crippen LogP) is 2.83. The van der Waals surface area contributed by atoms with Gasteiger partial charge in [0.25, 0.3) is 0 Å². The van der Waals surface area contributed by atoms with Gasteiger partial charge in [-0.1, -0.05) is 66.5 Å². The van der Waals surface area contributed by atoms with Crippen LogP contribution in [0.1, 0.15) is 30.7 Å². The molecular formula is C15H20BrNO3. The van der Waals surface area contributed by atoms with Gasteiger partial charge in [-0.25, -0.2) is 4.79 Å². The Balaban J connectivity index is 2.78. The minimum atomic E-state index is -0.624. The van der Waals surface area contributed by atoms with Crippen LogP contribution in [0.15, 0.2) is 30.3 Å². The molecule has 0 radical (unpaired) electrons. The fourth-order valence-corrected chi connectivity index (χ4v) is 2.23. The van der Waals surface area contributed by atoms with Crippen molar-refractivity contribution in [2.75, 3.05) is 7.11 Å². The van der Waals surface area contributed by atoms with Crippen LogP contribution in [0, 0.1) is 5.92 Å². The molecule has 20 heavy (non-hydrogen) atoms. The van der Waals surface area contributed by atoms with Crippen molar-refractivity contribution in [3.63, 3.8) is 0 Å². The van der Waals surface area contributed by atoms with Crippen LogP contribution in [-0.2, 0) is 14.3 Å². The van der Waals surface area contributed by atoms with Crippen molar-refractivity contribution >= 4 is 27.8 Å². The van der Waals surface area contributed by atoms with Gasteiger partial charge in [0, 0.05) is 0 Å². The van der Waals surface area contributed by atoms with Gasteiger partial charge >= 0.3 is 5.97 Å². The molecule has 0 saturated carbocycles. The first-order valence-corrected chi connectivity index (χ1v) is 7.50. The topological polar surface area (TPSA) is 55.4 Å². The van der Waals surface area contributed by atoms with E-state index in [9.17, 15) is 9.59 Å². The number of ether oxygens (including phenoxy) is 1. The molecule has 1 rings (SSSR count). The Kier molecular flexibility index (Phi) is 6.71. The van der Waals surface area contributed by atoms with Gasteiger partial charge in [-0.3, -0.25) is 4.79 Å². The molecule has 0 heterocycles. The quantitative estimate of drug-likeness (QED) is 0.639. The average molecular weight is 342 g/mol. The Morgan fingerprint density at radius 3 is 2.40 bits per heavy atom. The molecule has 3 atom stereocenters. The van der Waals surface area contributed by atoms with E-state index < -0.39 is 16.8 Å². The Hall–Kier alpha value is -1.36. The summed E-state index contributed by atoms with van der Waals surface area (Å²) in [6.45, 7) is 3.88. The third-order valence-electron chi connectivity index (χ3n) is 3.29. The largest absolute Gasteiger partial charge is 0.467 e. The highest BCUT2D eigenvalue weighted by Gasteiger charge is 2.29. The highest BCUT2D eigenvalue weighted by molar-refractivity contribution is 9.09. The number of carbonyl (C=O) groups excluding carboxylic acids is 2. The number of rotatable bonds is 6. The molecule has 0 spiro atoms. The van der Waals surface area contributed by atoms with Gasteiger partial charge in [-0.2, -0.15) is 0 Å². The average Bonchev–Trinajstić information content (AvgIpc) is 2.50. The second-order valence-corrected chi connectivity index (χ2v) is 5.58. The van der Waals surface area contributed by atoms with Crippen LogP contribution in [0.4, 0.5) is 0 Å². The molecule has 0 aliphatic rings. The first kappa shape index (κ1) is 16.7. The molecule has 0 saturated heterocycles. The Bertz CT molecular complexity index is 450. The van der Waals surface area contributed by atoms with Crippen LogP contribution in [-0.4, -0.2) is 25.0 Å². The van der Waals surface area contributed by atoms with Crippen molar-refractivity contribution in [3.05, 3.63) is 35.9 Å². The van der Waals surface area contributed by atoms with Gasteiger partial charge in [0.15, 0.2) is 0 Å². The molecule has 0 aliphatic heterocycles. The maximum Gasteiger partial charge on any atom is 0.328 e. The van der Waals surface area contributed by atoms with E-state index in [-0.39, 0.29) is 11.8 Å². The van der Waals surface area contributed by atoms with Crippen LogP contribution >= 0.6 is 15.9 Å². The highest BCUT2D eigenvalue weighted by Crippen LogP contribution is 2.23. The number of hydrogen-bond acceptors (Lipinski definition) is 3. The Labute approximate surface area is 128 Å². The van der Waals surface area contributed by atoms with Crippen LogP contribution in [0.3, 0.4) is 0 Å². The SMILES string of the molecule is CC[C@H](C)[C@H](NC(=O)C(Br)c1ccccc1)C(=O)OC. The number of halogens is 1. The lowest BCUT2D eigenvalue weighted by Gasteiger charge is -2.23. The number of carbonyl (C=O) groups is 2. The molecule has 0 fully saturated rings. The molecule has 0 aliphatic carbocycles. The molecule has 1 aromatic rings. The Morgan fingerprint density at radius 2 is 1.90 bits per heavy atom. The number of hydrogen-bond donors (Lipinski definition) is 1. The van der Waals surface area contributed by atoms with Gasteiger partial charge < -0.3 is 10.1 Å². The molecule has 1 N–H and O–H groups in total. The Morgan fingerprint density at radius 1 is 1.30 bits per heavy atom. The van der Waals surface area contributed by atoms with E-state index in [1.165, 1.54) is 7.11 Å². The number of esters is 1. The highest BCUT2D eigenvalue weighted by atomic mass is 79.9. The number of nitrogens with one attached hydrogen (secondary N) is 1. The third kappa shape index (κ3) is 4.34. The number of alkyl halides is 1. The molecule has 1 amide bonds. The summed E-state index contributed by atoms with van der Waals surface area (Å²) in [4.78, 5) is 23.5. The maximum atomic E-state index is 12.2. The molecule has 5 heteroatoms. The van der Waals surface area contributed by atoms with E-state index in [0.29, 0.717) is 0 Å². The minimum Gasteiger partial charge on any atom is -0.467 e. The smallest absolute Gasteiger partial charge is 0.328 e. The normalized spacial score (nSPS) is 15.0. The molecular weight excluding hydrogens is 322 g/mol. The number of amides is 1. The zero-order valence-corrected chi connectivity index (χ0v) is 13.5. The fraction of sp³-hybridized carbons (Fsp3) is 0.467. The summed E-state index contributed by atoms with van der Waals surface area (Å²) in [6, 6.07) is 8.70. The lowest BCUT2D eigenvalue weighted by atomic mass is 9.99. The van der Waals surface area contributed by atoms with Crippen molar-refractivity contribution < 1.29 is 14.3 Å². The van der Waals surface area contributed by atoms with E-state index in [1.54, 1.807) is 0 Å². The zero-order valence-electron chi connectivity index (χ0n) is 11.9. The summed E-state index contributed by atoms with van der Waals surface area (Å²) < 4.78 is 4.75. The van der Waals surface area contributed by atoms with Crippen LogP contribution < -0.4 is 5.32 Å². The van der Waals surface area contributed by atoms with Gasteiger partial charge in [0.05, 0.1) is 7.11 Å². The van der Waals surface area contributed by atoms with Crippen LogP contribution in [0.25, 0.3) is 0 Å². The zero-order chi connectivity index (χ0) is 15.1. The summed E-state index contributed by atoms with van der Waals surface area (Å²) in [6.07, 6.45) is 0.776. The monoisotopic (exact) mass is 341 g/mol. The minimum absolute atomic E-state index is 0.0156. The summed E-state index contributed by atoms with van der Waals surface area (Å²) in [5.74, 6) is -0.644. The van der Waals surface area contributed by atoms with Gasteiger partial charge in [0.1, 0.15) is 10.9 Å². The summed E-state index contributed by atoms with van der Waals surface area (Å²) in [5, 5.41) is 2.76. The third-order valence-corrected chi connectivity index (χ3v) is 4.23. The molecule has 110 valence electrons. The van der Waals surface area contributed by atoms with Crippen LogP contribution in [0.2, 0.25) is 0 Å². The molecule has 0 bridgehead atoms. The second-order valence-electron chi connectivity index (χ2n) is 4.67. The molecule has 0 aromatic heterocycles. The predicted molar refractivity (Wildman–Crippen MR) is 81.5 cm³/mol. The second kappa shape index (κ2) is 8.04. The van der Waals surface area contributed by atoms with Crippen molar-refractivity contribution in [2.45, 2.75) is 31.1 Å². The summed E-state index contributed by atoms with van der Waals surface area (Å²) in [5.41, 5.74) is 0.845. The van der Waals surface area contributed by atoms with E-state index in [2.05, 4.69) is 21.2 Å².